The largest absolute Gasteiger partial charge is 0.481 e. The highest BCUT2D eigenvalue weighted by atomic mass is 16.4. The maximum absolute atomic E-state index is 12.7. The molecule has 4 saturated carbocycles. The Kier molecular flexibility index (Phi) is 5.17. The number of allylic oxidation sites excluding steroid dienone is 2. The van der Waals surface area contributed by atoms with Crippen molar-refractivity contribution in [3.05, 3.63) is 11.6 Å². The van der Waals surface area contributed by atoms with Crippen LogP contribution in [0, 0.1) is 44.8 Å². The second kappa shape index (κ2) is 7.10. The summed E-state index contributed by atoms with van der Waals surface area (Å²) >= 11 is 0. The average Bonchev–Trinajstić information content (AvgIpc) is 2.71. The Labute approximate surface area is 205 Å². The molecule has 0 saturated heterocycles. The van der Waals surface area contributed by atoms with Gasteiger partial charge in [0.15, 0.2) is 0 Å². The minimum atomic E-state index is -1.20. The van der Waals surface area contributed by atoms with Gasteiger partial charge < -0.3 is 20.4 Å². The minimum Gasteiger partial charge on any atom is -0.481 e. The van der Waals surface area contributed by atoms with Gasteiger partial charge in [0.05, 0.1) is 17.8 Å². The minimum absolute atomic E-state index is 0.0599. The fourth-order valence-electron chi connectivity index (χ4n) is 10.5. The summed E-state index contributed by atoms with van der Waals surface area (Å²) in [6.45, 7) is 13.4. The summed E-state index contributed by atoms with van der Waals surface area (Å²) in [6, 6.07) is 0. The van der Waals surface area contributed by atoms with Crippen LogP contribution in [0.25, 0.3) is 0 Å². The van der Waals surface area contributed by atoms with Gasteiger partial charge >= 0.3 is 5.97 Å². The molecule has 4 N–H and O–H groups in total. The van der Waals surface area contributed by atoms with E-state index in [-0.39, 0.29) is 33.7 Å². The summed E-state index contributed by atoms with van der Waals surface area (Å²) < 4.78 is 0. The lowest BCUT2D eigenvalue weighted by Gasteiger charge is -2.71. The van der Waals surface area contributed by atoms with Crippen LogP contribution in [0.5, 0.6) is 0 Å². The van der Waals surface area contributed by atoms with Crippen LogP contribution in [0.2, 0.25) is 0 Å². The third-order valence-electron chi connectivity index (χ3n) is 12.8. The van der Waals surface area contributed by atoms with Crippen molar-refractivity contribution in [1.29, 1.82) is 0 Å². The van der Waals surface area contributed by atoms with E-state index < -0.39 is 23.1 Å². The number of carbonyl (C=O) groups is 1. The van der Waals surface area contributed by atoms with E-state index in [2.05, 4.69) is 40.7 Å². The highest BCUT2D eigenvalue weighted by Gasteiger charge is 2.71. The van der Waals surface area contributed by atoms with Gasteiger partial charge in [-0.05, 0) is 98.2 Å². The molecule has 5 aliphatic carbocycles. The van der Waals surface area contributed by atoms with Gasteiger partial charge in [-0.1, -0.05) is 46.3 Å². The van der Waals surface area contributed by atoms with E-state index in [0.717, 1.165) is 32.1 Å². The molecule has 0 aromatic carbocycles. The number of rotatable bonds is 1. The molecule has 0 heterocycles. The summed E-state index contributed by atoms with van der Waals surface area (Å²) in [5.41, 5.74) is -1.30. The first-order chi connectivity index (χ1) is 15.6. The molecule has 0 aliphatic heterocycles. The van der Waals surface area contributed by atoms with Crippen LogP contribution in [-0.2, 0) is 4.79 Å². The zero-order valence-electron chi connectivity index (χ0n) is 22.0. The van der Waals surface area contributed by atoms with E-state index in [4.69, 9.17) is 0 Å². The van der Waals surface area contributed by atoms with E-state index >= 15 is 0 Å². The lowest BCUT2D eigenvalue weighted by molar-refractivity contribution is -0.221. The molecule has 0 unspecified atom stereocenters. The molecule has 0 spiro atoms. The zero-order chi connectivity index (χ0) is 25.1. The molecule has 5 aliphatic rings. The van der Waals surface area contributed by atoms with Crippen LogP contribution in [-0.4, -0.2) is 44.2 Å². The lowest BCUT2D eigenvalue weighted by atomic mass is 9.33. The second-order valence-electron chi connectivity index (χ2n) is 14.5. The monoisotopic (exact) mass is 474 g/mol. The summed E-state index contributed by atoms with van der Waals surface area (Å²) in [7, 11) is 0. The van der Waals surface area contributed by atoms with Crippen molar-refractivity contribution in [1.82, 2.24) is 0 Å². The molecule has 192 valence electrons. The standard InChI is InChI=1S/C29H46O5/c1-24(2)19-9-12-27(5)20(26(19,4)11-10-21(24)30)8-7-17-18-15-25(3,34)13-14-29(18,23(32)33)22(31)16-28(17,27)6/h7,18-22,30-31,34H,8-16H2,1-6H3,(H,32,33)/t18-,19-,20-,21-,22-,25-,26-,27+,28+,29+/m0/s1. The van der Waals surface area contributed by atoms with Gasteiger partial charge in [0, 0.05) is 5.92 Å². The zero-order valence-corrected chi connectivity index (χ0v) is 22.0. The van der Waals surface area contributed by atoms with Crippen LogP contribution in [0.1, 0.15) is 99.3 Å². The van der Waals surface area contributed by atoms with Gasteiger partial charge in [0.25, 0.3) is 0 Å². The molecule has 10 atom stereocenters. The highest BCUT2D eigenvalue weighted by molar-refractivity contribution is 5.77. The molecule has 5 nitrogen and oxygen atoms in total. The van der Waals surface area contributed by atoms with Crippen LogP contribution in [0.3, 0.4) is 0 Å². The number of carboxylic acids is 1. The Hall–Kier alpha value is -0.910. The van der Waals surface area contributed by atoms with Gasteiger partial charge in [0.2, 0.25) is 0 Å². The predicted octanol–water partition coefficient (Wildman–Crippen LogP) is 4.93. The molecular formula is C29H46O5. The smallest absolute Gasteiger partial charge is 0.312 e. The van der Waals surface area contributed by atoms with Gasteiger partial charge in [-0.3, -0.25) is 4.79 Å². The molecule has 0 bridgehead atoms. The normalized spacial score (nSPS) is 56.3. The quantitative estimate of drug-likeness (QED) is 0.404. The van der Waals surface area contributed by atoms with Crippen molar-refractivity contribution < 1.29 is 25.2 Å². The second-order valence-corrected chi connectivity index (χ2v) is 14.5. The SMILES string of the molecule is CC1(C)[C@@H](O)CC[C@@]2(C)[C@H]1CC[C@]1(C)[C@H]2CC=C2[C@@H]3C[C@@](C)(O)CC[C@]3(C(=O)O)[C@@H](O)C[C@]21C. The third kappa shape index (κ3) is 2.81. The molecule has 0 aromatic rings. The van der Waals surface area contributed by atoms with Crippen molar-refractivity contribution in [2.24, 2.45) is 44.8 Å². The van der Waals surface area contributed by atoms with E-state index in [1.54, 1.807) is 0 Å². The molecule has 5 rings (SSSR count). The predicted molar refractivity (Wildman–Crippen MR) is 131 cm³/mol. The third-order valence-corrected chi connectivity index (χ3v) is 12.8. The van der Waals surface area contributed by atoms with Crippen LogP contribution in [0.4, 0.5) is 0 Å². The number of hydrogen-bond donors (Lipinski definition) is 4. The maximum Gasteiger partial charge on any atom is 0.312 e. The number of aliphatic hydroxyl groups is 3. The number of fused-ring (bicyclic) bond motifs is 7. The first kappa shape index (κ1) is 24.8. The summed E-state index contributed by atoms with van der Waals surface area (Å²) in [4.78, 5) is 12.7. The highest BCUT2D eigenvalue weighted by Crippen LogP contribution is 2.75. The first-order valence-electron chi connectivity index (χ1n) is 13.6. The summed E-state index contributed by atoms with van der Waals surface area (Å²) in [5.74, 6) is -0.375. The van der Waals surface area contributed by atoms with Gasteiger partial charge in [0.1, 0.15) is 5.41 Å². The molecule has 0 amide bonds. The molecule has 34 heavy (non-hydrogen) atoms. The maximum atomic E-state index is 12.7. The Morgan fingerprint density at radius 1 is 0.882 bits per heavy atom. The fourth-order valence-corrected chi connectivity index (χ4v) is 10.5. The van der Waals surface area contributed by atoms with Crippen molar-refractivity contribution >= 4 is 5.97 Å². The first-order valence-corrected chi connectivity index (χ1v) is 13.6. The van der Waals surface area contributed by atoms with E-state index in [9.17, 15) is 25.2 Å². The van der Waals surface area contributed by atoms with Crippen LogP contribution in [0.15, 0.2) is 11.6 Å². The topological polar surface area (TPSA) is 98.0 Å². The molecule has 5 heteroatoms. The number of hydrogen-bond acceptors (Lipinski definition) is 4. The Morgan fingerprint density at radius 2 is 1.56 bits per heavy atom. The van der Waals surface area contributed by atoms with Crippen molar-refractivity contribution in [2.45, 2.75) is 117 Å². The Bertz CT molecular complexity index is 921. The molecule has 4 fully saturated rings. The van der Waals surface area contributed by atoms with E-state index in [1.807, 2.05) is 6.92 Å². The average molecular weight is 475 g/mol. The number of aliphatic carboxylic acids is 1. The van der Waals surface area contributed by atoms with Crippen molar-refractivity contribution in [2.75, 3.05) is 0 Å². The van der Waals surface area contributed by atoms with Gasteiger partial charge in [-0.2, -0.15) is 0 Å². The van der Waals surface area contributed by atoms with E-state index in [0.29, 0.717) is 37.5 Å². The fraction of sp³-hybridized carbons (Fsp3) is 0.897. The molecule has 0 radical (unpaired) electrons. The van der Waals surface area contributed by atoms with Crippen molar-refractivity contribution in [3.8, 4) is 0 Å². The number of aliphatic hydroxyl groups excluding tert-OH is 2. The molecular weight excluding hydrogens is 428 g/mol. The van der Waals surface area contributed by atoms with Crippen molar-refractivity contribution in [3.63, 3.8) is 0 Å². The van der Waals surface area contributed by atoms with Gasteiger partial charge in [-0.25, -0.2) is 0 Å². The molecule has 0 aromatic heterocycles. The van der Waals surface area contributed by atoms with Crippen LogP contribution < -0.4 is 0 Å². The Morgan fingerprint density at radius 3 is 2.21 bits per heavy atom. The number of carboxylic acid groups (broad SMARTS) is 1. The summed E-state index contributed by atoms with van der Waals surface area (Å²) in [6.07, 6.45) is 7.61. The van der Waals surface area contributed by atoms with Crippen LogP contribution >= 0.6 is 0 Å². The van der Waals surface area contributed by atoms with E-state index in [1.165, 1.54) is 5.57 Å². The lowest BCUT2D eigenvalue weighted by Crippen LogP contribution is -2.67. The Balaban J connectivity index is 1.63. The summed E-state index contributed by atoms with van der Waals surface area (Å²) in [5, 5.41) is 43.9. The van der Waals surface area contributed by atoms with Gasteiger partial charge in [-0.15, -0.1) is 0 Å².